The van der Waals surface area contributed by atoms with Gasteiger partial charge in [-0.05, 0) is 75.9 Å². The minimum Gasteiger partial charge on any atom is -0.457 e. The summed E-state index contributed by atoms with van der Waals surface area (Å²) in [6.45, 7) is 11.1. The lowest BCUT2D eigenvalue weighted by atomic mass is 9.91. The molecule has 8 nitrogen and oxygen atoms in total. The van der Waals surface area contributed by atoms with Crippen LogP contribution in [0.1, 0.15) is 51.3 Å². The van der Waals surface area contributed by atoms with E-state index in [0.29, 0.717) is 56.9 Å². The summed E-state index contributed by atoms with van der Waals surface area (Å²) in [5, 5.41) is 13.1. The van der Waals surface area contributed by atoms with Gasteiger partial charge in [0.05, 0.1) is 6.10 Å². The molecule has 2 unspecified atom stereocenters. The van der Waals surface area contributed by atoms with E-state index >= 15 is 0 Å². The first-order valence-electron chi connectivity index (χ1n) is 13.4. The normalized spacial score (nSPS) is 19.5. The van der Waals surface area contributed by atoms with Crippen LogP contribution >= 0.6 is 0 Å². The van der Waals surface area contributed by atoms with Crippen molar-refractivity contribution in [2.45, 2.75) is 64.8 Å². The lowest BCUT2D eigenvalue weighted by Gasteiger charge is -2.38. The molecule has 200 valence electrons. The predicted molar refractivity (Wildman–Crippen MR) is 144 cm³/mol. The first-order valence-corrected chi connectivity index (χ1v) is 13.4. The van der Waals surface area contributed by atoms with Gasteiger partial charge in [0.15, 0.2) is 0 Å². The van der Waals surface area contributed by atoms with Crippen LogP contribution in [0.5, 0.6) is 11.5 Å². The van der Waals surface area contributed by atoms with Crippen molar-refractivity contribution in [2.75, 3.05) is 32.7 Å². The Hall–Kier alpha value is -3.10. The van der Waals surface area contributed by atoms with Gasteiger partial charge >= 0.3 is 6.03 Å². The number of ether oxygens (including phenoxy) is 1. The van der Waals surface area contributed by atoms with Crippen molar-refractivity contribution in [1.29, 1.82) is 0 Å². The summed E-state index contributed by atoms with van der Waals surface area (Å²) in [5.41, 5.74) is 1.83. The second-order valence-electron chi connectivity index (χ2n) is 10.5. The third-order valence-electron chi connectivity index (χ3n) is 7.25. The average Bonchev–Trinajstić information content (AvgIpc) is 3.31. The molecule has 2 aliphatic rings. The number of hydrogen-bond donors (Lipinski definition) is 2. The number of carbonyl (C=O) groups excluding carboxylic acids is 2. The van der Waals surface area contributed by atoms with Crippen LogP contribution in [0.2, 0.25) is 0 Å². The Bertz CT molecular complexity index is 1070. The topological polar surface area (TPSA) is 85.4 Å². The molecule has 0 bridgehead atoms. The Balaban J connectivity index is 1.55. The van der Waals surface area contributed by atoms with E-state index in [1.165, 1.54) is 0 Å². The number of β-amino-alcohol motifs (C(OH)–C–C–N with tert-alkyl or cyclic N) is 1. The molecule has 8 heteroatoms. The molecule has 2 aromatic rings. The number of nitrogens with zero attached hydrogens (tertiary/aromatic N) is 3. The van der Waals surface area contributed by atoms with E-state index in [4.69, 9.17) is 4.74 Å². The van der Waals surface area contributed by atoms with Gasteiger partial charge in [0.1, 0.15) is 17.5 Å². The molecule has 2 aromatic carbocycles. The summed E-state index contributed by atoms with van der Waals surface area (Å²) >= 11 is 0. The van der Waals surface area contributed by atoms with Crippen LogP contribution < -0.4 is 10.1 Å². The number of likely N-dealkylation sites (tertiary alicyclic amines) is 1. The molecule has 1 fully saturated rings. The van der Waals surface area contributed by atoms with Crippen molar-refractivity contribution in [2.24, 2.45) is 0 Å². The molecular weight excluding hydrogens is 468 g/mol. The van der Waals surface area contributed by atoms with Gasteiger partial charge in [0, 0.05) is 44.8 Å². The number of para-hydroxylation sites is 1. The first-order chi connectivity index (χ1) is 17.7. The highest BCUT2D eigenvalue weighted by atomic mass is 16.5. The van der Waals surface area contributed by atoms with Gasteiger partial charge in [-0.2, -0.15) is 0 Å². The number of aliphatic hydroxyl groups is 1. The van der Waals surface area contributed by atoms with Crippen molar-refractivity contribution < 1.29 is 19.4 Å². The molecule has 2 N–H and O–H groups in total. The Kier molecular flexibility index (Phi) is 8.71. The molecule has 4 rings (SSSR count). The van der Waals surface area contributed by atoms with Gasteiger partial charge in [-0.3, -0.25) is 9.69 Å². The van der Waals surface area contributed by atoms with Crippen molar-refractivity contribution in [1.82, 2.24) is 20.0 Å². The van der Waals surface area contributed by atoms with Crippen molar-refractivity contribution in [3.05, 3.63) is 59.7 Å². The van der Waals surface area contributed by atoms with Gasteiger partial charge in [-0.25, -0.2) is 4.79 Å². The highest BCUT2D eigenvalue weighted by Crippen LogP contribution is 2.35. The minimum absolute atomic E-state index is 0.182. The Morgan fingerprint density at radius 2 is 1.78 bits per heavy atom. The first kappa shape index (κ1) is 26.9. The number of amides is 3. The van der Waals surface area contributed by atoms with Crippen molar-refractivity contribution >= 4 is 11.9 Å². The second-order valence-corrected chi connectivity index (χ2v) is 10.5. The zero-order valence-electron chi connectivity index (χ0n) is 22.4. The summed E-state index contributed by atoms with van der Waals surface area (Å²) in [5.74, 6) is 1.27. The number of hydrogen-bond acceptors (Lipinski definition) is 5. The molecule has 0 saturated carbocycles. The summed E-state index contributed by atoms with van der Waals surface area (Å²) in [4.78, 5) is 32.7. The van der Waals surface area contributed by atoms with Crippen LogP contribution in [0.3, 0.4) is 0 Å². The van der Waals surface area contributed by atoms with Gasteiger partial charge < -0.3 is 25.0 Å². The van der Waals surface area contributed by atoms with Crippen LogP contribution in [0.4, 0.5) is 4.79 Å². The fraction of sp³-hybridized carbons (Fsp3) is 0.517. The fourth-order valence-corrected chi connectivity index (χ4v) is 5.40. The molecule has 0 radical (unpaired) electrons. The SMILES string of the molecule is CC(C)N(CCNC(=O)C1c2ccc(Oc3ccccc3)cc2CCN1C(=O)N1CCC(O)C1)C(C)C. The summed E-state index contributed by atoms with van der Waals surface area (Å²) in [6.07, 6.45) is 0.680. The molecule has 0 aromatic heterocycles. The summed E-state index contributed by atoms with van der Waals surface area (Å²) in [7, 11) is 0. The molecule has 0 aliphatic carbocycles. The molecular formula is C29H40N4O4. The van der Waals surface area contributed by atoms with E-state index in [1.807, 2.05) is 48.5 Å². The lowest BCUT2D eigenvalue weighted by Crippen LogP contribution is -2.52. The Morgan fingerprint density at radius 3 is 2.43 bits per heavy atom. The quantitative estimate of drug-likeness (QED) is 0.567. The molecule has 2 atom stereocenters. The van der Waals surface area contributed by atoms with Crippen molar-refractivity contribution in [3.8, 4) is 11.5 Å². The second kappa shape index (κ2) is 12.0. The van der Waals surface area contributed by atoms with Gasteiger partial charge in [-0.1, -0.05) is 24.3 Å². The Morgan fingerprint density at radius 1 is 1.05 bits per heavy atom. The maximum absolute atomic E-state index is 13.6. The highest BCUT2D eigenvalue weighted by Gasteiger charge is 2.39. The fourth-order valence-electron chi connectivity index (χ4n) is 5.40. The van der Waals surface area contributed by atoms with Crippen molar-refractivity contribution in [3.63, 3.8) is 0 Å². The summed E-state index contributed by atoms with van der Waals surface area (Å²) < 4.78 is 6.02. The molecule has 0 spiro atoms. The number of rotatable bonds is 8. The lowest BCUT2D eigenvalue weighted by molar-refractivity contribution is -0.126. The number of carbonyl (C=O) groups is 2. The monoisotopic (exact) mass is 508 g/mol. The largest absolute Gasteiger partial charge is 0.457 e. The molecule has 2 aliphatic heterocycles. The van der Waals surface area contributed by atoms with E-state index in [-0.39, 0.29) is 11.9 Å². The number of benzene rings is 2. The Labute approximate surface area is 220 Å². The molecule has 1 saturated heterocycles. The zero-order valence-corrected chi connectivity index (χ0v) is 22.4. The molecule has 37 heavy (non-hydrogen) atoms. The van der Waals surface area contributed by atoms with Gasteiger partial charge in [0.25, 0.3) is 0 Å². The maximum atomic E-state index is 13.6. The third kappa shape index (κ3) is 6.43. The summed E-state index contributed by atoms with van der Waals surface area (Å²) in [6, 6.07) is 15.1. The molecule has 2 heterocycles. The van der Waals surface area contributed by atoms with E-state index < -0.39 is 12.1 Å². The van der Waals surface area contributed by atoms with Gasteiger partial charge in [0.2, 0.25) is 5.91 Å². The highest BCUT2D eigenvalue weighted by molar-refractivity contribution is 5.89. The van der Waals surface area contributed by atoms with Crippen LogP contribution in [0, 0.1) is 0 Å². The van der Waals surface area contributed by atoms with Crippen LogP contribution in [-0.2, 0) is 11.2 Å². The van der Waals surface area contributed by atoms with E-state index in [2.05, 4.69) is 37.9 Å². The van der Waals surface area contributed by atoms with E-state index in [1.54, 1.807) is 9.80 Å². The number of nitrogens with one attached hydrogen (secondary N) is 1. The maximum Gasteiger partial charge on any atom is 0.321 e. The average molecular weight is 509 g/mol. The third-order valence-corrected chi connectivity index (χ3v) is 7.25. The smallest absolute Gasteiger partial charge is 0.321 e. The molecule has 3 amide bonds. The van der Waals surface area contributed by atoms with Gasteiger partial charge in [-0.15, -0.1) is 0 Å². The van der Waals surface area contributed by atoms with E-state index in [0.717, 1.165) is 23.4 Å². The van der Waals surface area contributed by atoms with Crippen LogP contribution in [0.15, 0.2) is 48.5 Å². The number of urea groups is 1. The minimum atomic E-state index is -0.730. The van der Waals surface area contributed by atoms with E-state index in [9.17, 15) is 14.7 Å². The number of fused-ring (bicyclic) bond motifs is 1. The predicted octanol–water partition coefficient (Wildman–Crippen LogP) is 3.80. The van der Waals surface area contributed by atoms with Crippen LogP contribution in [0.25, 0.3) is 0 Å². The zero-order chi connectivity index (χ0) is 26.5. The number of aliphatic hydroxyl groups excluding tert-OH is 1. The standard InChI is InChI=1S/C29H40N4O4/c1-20(2)32(21(3)4)17-14-30-28(35)27-26-11-10-25(37-24-8-6-5-7-9-24)18-22(26)12-16-33(27)29(36)31-15-13-23(34)19-31/h5-11,18,20-21,23,27,34H,12-17,19H2,1-4H3,(H,30,35). The van der Waals surface area contributed by atoms with Crippen LogP contribution in [-0.4, -0.2) is 82.7 Å².